The van der Waals surface area contributed by atoms with Crippen LogP contribution in [0.1, 0.15) is 34.1 Å². The van der Waals surface area contributed by atoms with Gasteiger partial charge in [0.25, 0.3) is 0 Å². The molecule has 0 aromatic carbocycles. The predicted octanol–water partition coefficient (Wildman–Crippen LogP) is 1.70. The Morgan fingerprint density at radius 2 is 1.57 bits per heavy atom. The lowest BCUT2D eigenvalue weighted by atomic mass is 9.94. The highest BCUT2D eigenvalue weighted by molar-refractivity contribution is 7.89. The molecule has 14 heavy (non-hydrogen) atoms. The third-order valence-corrected chi connectivity index (χ3v) is 5.00. The Morgan fingerprint density at radius 3 is 1.93 bits per heavy atom. The van der Waals surface area contributed by atoms with Crippen LogP contribution in [0, 0.1) is 11.8 Å². The van der Waals surface area contributed by atoms with Crippen molar-refractivity contribution in [3.63, 3.8) is 0 Å². The normalized spacial score (nSPS) is 30.9. The minimum absolute atomic E-state index is 0.292. The molecule has 0 saturated carbocycles. The summed E-state index contributed by atoms with van der Waals surface area (Å²) in [6.45, 7) is 9.14. The average molecular weight is 219 g/mol. The quantitative estimate of drug-likeness (QED) is 0.709. The Morgan fingerprint density at radius 1 is 1.14 bits per heavy atom. The van der Waals surface area contributed by atoms with E-state index >= 15 is 0 Å². The second-order valence-electron chi connectivity index (χ2n) is 4.86. The van der Waals surface area contributed by atoms with Gasteiger partial charge in [-0.3, -0.25) is 0 Å². The summed E-state index contributed by atoms with van der Waals surface area (Å²) in [6.07, 6.45) is 1.14. The van der Waals surface area contributed by atoms with E-state index in [1.165, 1.54) is 0 Å². The van der Waals surface area contributed by atoms with Gasteiger partial charge in [0, 0.05) is 13.1 Å². The topological polar surface area (TPSA) is 37.4 Å². The molecule has 0 N–H and O–H groups in total. The van der Waals surface area contributed by atoms with Gasteiger partial charge in [0.15, 0.2) is 0 Å². The summed E-state index contributed by atoms with van der Waals surface area (Å²) in [4.78, 5) is 0. The first kappa shape index (κ1) is 12.0. The molecule has 1 saturated heterocycles. The number of sulfonamides is 1. The van der Waals surface area contributed by atoms with E-state index < -0.39 is 10.0 Å². The van der Waals surface area contributed by atoms with E-state index in [0.717, 1.165) is 6.42 Å². The van der Waals surface area contributed by atoms with Gasteiger partial charge in [0.2, 0.25) is 10.0 Å². The second-order valence-corrected chi connectivity index (χ2v) is 7.35. The highest BCUT2D eigenvalue weighted by Crippen LogP contribution is 2.24. The van der Waals surface area contributed by atoms with E-state index in [2.05, 4.69) is 13.8 Å². The van der Waals surface area contributed by atoms with Crippen LogP contribution in [0.4, 0.5) is 0 Å². The summed E-state index contributed by atoms with van der Waals surface area (Å²) in [7, 11) is -3.03. The minimum Gasteiger partial charge on any atom is -0.212 e. The van der Waals surface area contributed by atoms with Gasteiger partial charge >= 0.3 is 0 Å². The summed E-state index contributed by atoms with van der Waals surface area (Å²) in [5, 5.41) is -0.292. The van der Waals surface area contributed by atoms with Crippen molar-refractivity contribution < 1.29 is 8.42 Å². The highest BCUT2D eigenvalue weighted by atomic mass is 32.2. The number of rotatable bonds is 2. The van der Waals surface area contributed by atoms with Gasteiger partial charge in [0.1, 0.15) is 0 Å². The molecular weight excluding hydrogens is 198 g/mol. The van der Waals surface area contributed by atoms with Crippen LogP contribution in [0.5, 0.6) is 0 Å². The van der Waals surface area contributed by atoms with E-state index in [9.17, 15) is 8.42 Å². The zero-order valence-corrected chi connectivity index (χ0v) is 10.3. The first-order valence-electron chi connectivity index (χ1n) is 5.33. The van der Waals surface area contributed by atoms with Crippen LogP contribution in [0.15, 0.2) is 0 Å². The van der Waals surface area contributed by atoms with Gasteiger partial charge < -0.3 is 0 Å². The van der Waals surface area contributed by atoms with Gasteiger partial charge in [-0.2, -0.15) is 0 Å². The third-order valence-electron chi connectivity index (χ3n) is 2.79. The third kappa shape index (κ3) is 2.48. The maximum absolute atomic E-state index is 11.9. The van der Waals surface area contributed by atoms with Crippen molar-refractivity contribution in [3.8, 4) is 0 Å². The summed E-state index contributed by atoms with van der Waals surface area (Å²) >= 11 is 0. The van der Waals surface area contributed by atoms with Gasteiger partial charge in [-0.05, 0) is 32.1 Å². The summed E-state index contributed by atoms with van der Waals surface area (Å²) in [5.74, 6) is 0.986. The maximum atomic E-state index is 11.9. The largest absolute Gasteiger partial charge is 0.216 e. The fraction of sp³-hybridized carbons (Fsp3) is 1.00. The number of hydrogen-bond acceptors (Lipinski definition) is 2. The molecular formula is C10H21NO2S. The van der Waals surface area contributed by atoms with Crippen molar-refractivity contribution in [3.05, 3.63) is 0 Å². The molecule has 0 spiro atoms. The van der Waals surface area contributed by atoms with E-state index in [1.807, 2.05) is 0 Å². The molecule has 2 unspecified atom stereocenters. The SMILES string of the molecule is CC1CC(C)CN(S(=O)(=O)C(C)C)C1. The van der Waals surface area contributed by atoms with Gasteiger partial charge in [-0.1, -0.05) is 13.8 Å². The molecule has 1 heterocycles. The second kappa shape index (κ2) is 4.19. The van der Waals surface area contributed by atoms with E-state index in [1.54, 1.807) is 18.2 Å². The first-order valence-corrected chi connectivity index (χ1v) is 6.83. The standard InChI is InChI=1S/C10H21NO2S/c1-8(2)14(12,13)11-6-9(3)5-10(4)7-11/h8-10H,5-7H2,1-4H3. The molecule has 1 aliphatic heterocycles. The van der Waals surface area contributed by atoms with E-state index in [4.69, 9.17) is 0 Å². The monoisotopic (exact) mass is 219 g/mol. The molecule has 2 atom stereocenters. The van der Waals surface area contributed by atoms with Crippen molar-refractivity contribution >= 4 is 10.0 Å². The van der Waals surface area contributed by atoms with Gasteiger partial charge in [0.05, 0.1) is 5.25 Å². The molecule has 1 aliphatic rings. The number of hydrogen-bond donors (Lipinski definition) is 0. The molecule has 4 heteroatoms. The van der Waals surface area contributed by atoms with Gasteiger partial charge in [-0.25, -0.2) is 12.7 Å². The molecule has 84 valence electrons. The van der Waals surface area contributed by atoms with Gasteiger partial charge in [-0.15, -0.1) is 0 Å². The Labute approximate surface area is 87.5 Å². The van der Waals surface area contributed by atoms with Crippen molar-refractivity contribution in [2.24, 2.45) is 11.8 Å². The zero-order chi connectivity index (χ0) is 10.9. The number of piperidine rings is 1. The van der Waals surface area contributed by atoms with Crippen LogP contribution in [0.2, 0.25) is 0 Å². The summed E-state index contributed by atoms with van der Waals surface area (Å²) in [6, 6.07) is 0. The van der Waals surface area contributed by atoms with E-state index in [-0.39, 0.29) is 5.25 Å². The lowest BCUT2D eigenvalue weighted by Crippen LogP contribution is -2.45. The average Bonchev–Trinajstić information content (AvgIpc) is 2.01. The Balaban J connectivity index is 2.78. The van der Waals surface area contributed by atoms with Crippen molar-refractivity contribution in [2.45, 2.75) is 39.4 Å². The molecule has 0 bridgehead atoms. The molecule has 3 nitrogen and oxygen atoms in total. The first-order chi connectivity index (χ1) is 6.34. The zero-order valence-electron chi connectivity index (χ0n) is 9.53. The van der Waals surface area contributed by atoms with Crippen molar-refractivity contribution in [2.75, 3.05) is 13.1 Å². The fourth-order valence-corrected chi connectivity index (χ4v) is 3.63. The molecule has 0 amide bonds. The van der Waals surface area contributed by atoms with Crippen LogP contribution in [0.3, 0.4) is 0 Å². The molecule has 1 fully saturated rings. The predicted molar refractivity (Wildman–Crippen MR) is 58.6 cm³/mol. The molecule has 0 aromatic heterocycles. The van der Waals surface area contributed by atoms with Crippen LogP contribution in [-0.4, -0.2) is 31.1 Å². The van der Waals surface area contributed by atoms with Crippen LogP contribution in [0.25, 0.3) is 0 Å². The Hall–Kier alpha value is -0.0900. The lowest BCUT2D eigenvalue weighted by molar-refractivity contribution is 0.221. The highest BCUT2D eigenvalue weighted by Gasteiger charge is 2.32. The van der Waals surface area contributed by atoms with Crippen LogP contribution >= 0.6 is 0 Å². The Bertz CT molecular complexity index is 274. The van der Waals surface area contributed by atoms with Crippen LogP contribution < -0.4 is 0 Å². The number of nitrogens with zero attached hydrogens (tertiary/aromatic N) is 1. The Kier molecular flexibility index (Phi) is 3.58. The smallest absolute Gasteiger partial charge is 0.212 e. The molecule has 1 rings (SSSR count). The summed E-state index contributed by atoms with van der Waals surface area (Å²) < 4.78 is 25.5. The lowest BCUT2D eigenvalue weighted by Gasteiger charge is -2.35. The van der Waals surface area contributed by atoms with Crippen LogP contribution in [-0.2, 0) is 10.0 Å². The van der Waals surface area contributed by atoms with E-state index in [0.29, 0.717) is 24.9 Å². The maximum Gasteiger partial charge on any atom is 0.216 e. The summed E-state index contributed by atoms with van der Waals surface area (Å²) in [5.41, 5.74) is 0. The fourth-order valence-electron chi connectivity index (χ4n) is 2.11. The van der Waals surface area contributed by atoms with Crippen molar-refractivity contribution in [1.82, 2.24) is 4.31 Å². The molecule has 0 radical (unpaired) electrons. The van der Waals surface area contributed by atoms with Crippen molar-refractivity contribution in [1.29, 1.82) is 0 Å². The molecule has 0 aromatic rings. The minimum atomic E-state index is -3.03. The molecule has 0 aliphatic carbocycles.